The molecule has 0 radical (unpaired) electrons. The predicted octanol–water partition coefficient (Wildman–Crippen LogP) is 0.378. The summed E-state index contributed by atoms with van der Waals surface area (Å²) in [7, 11) is 11.0. The van der Waals surface area contributed by atoms with Gasteiger partial charge in [-0.2, -0.15) is 0 Å². The second-order valence-corrected chi connectivity index (χ2v) is 16.2. The van der Waals surface area contributed by atoms with E-state index in [9.17, 15) is 0 Å². The molecule has 0 saturated heterocycles. The molecule has 0 aromatic carbocycles. The van der Waals surface area contributed by atoms with Gasteiger partial charge in [-0.3, -0.25) is 0 Å². The molecule has 0 bridgehead atoms. The SMILES string of the molecule is [SiH2]=[Mo](=[S])=[S]. The van der Waals surface area contributed by atoms with Crippen LogP contribution >= 0.6 is 19.6 Å². The van der Waals surface area contributed by atoms with E-state index in [4.69, 9.17) is 0 Å². The van der Waals surface area contributed by atoms with Gasteiger partial charge in [0.2, 0.25) is 0 Å². The van der Waals surface area contributed by atoms with Crippen LogP contribution in [-0.4, -0.2) is 7.74 Å². The molecule has 0 atom stereocenters. The maximum absolute atomic E-state index is 4.62. The van der Waals surface area contributed by atoms with Crippen LogP contribution in [0.25, 0.3) is 0 Å². The van der Waals surface area contributed by atoms with Crippen molar-refractivity contribution in [1.29, 1.82) is 0 Å². The first kappa shape index (κ1) is 5.35. The second kappa shape index (κ2) is 2.58. The van der Waals surface area contributed by atoms with E-state index in [1.54, 1.807) is 7.74 Å². The fourth-order valence-corrected chi connectivity index (χ4v) is 0. The van der Waals surface area contributed by atoms with Crippen LogP contribution in [0.4, 0.5) is 0 Å². The molecule has 0 aliphatic carbocycles. The topological polar surface area (TPSA) is 0 Å². The molecular formula is H2MoS2Si. The molecule has 0 unspecified atom stereocenters. The first-order valence-corrected chi connectivity index (χ1v) is 11.0. The van der Waals surface area contributed by atoms with Crippen molar-refractivity contribution < 1.29 is 12.4 Å². The van der Waals surface area contributed by atoms with Crippen LogP contribution in [-0.2, 0) is 12.4 Å². The Morgan fingerprint density at radius 2 is 1.50 bits per heavy atom. The summed E-state index contributed by atoms with van der Waals surface area (Å²) < 4.78 is 0. The quantitative estimate of drug-likeness (QED) is 0.506. The minimum atomic E-state index is -1.16. The zero-order chi connectivity index (χ0) is 3.58. The van der Waals surface area contributed by atoms with Crippen LogP contribution in [0.3, 0.4) is 0 Å². The van der Waals surface area contributed by atoms with Crippen molar-refractivity contribution in [2.24, 2.45) is 0 Å². The first-order chi connectivity index (χ1) is 1.73. The summed E-state index contributed by atoms with van der Waals surface area (Å²) in [6.07, 6.45) is 0. The van der Waals surface area contributed by atoms with E-state index in [0.29, 0.717) is 0 Å². The van der Waals surface area contributed by atoms with Gasteiger partial charge in [0.1, 0.15) is 0 Å². The zero-order valence-corrected chi connectivity index (χ0v) is 6.99. The summed E-state index contributed by atoms with van der Waals surface area (Å²) in [4.78, 5) is 0. The third-order valence-electron chi connectivity index (χ3n) is 0. The van der Waals surface area contributed by atoms with Gasteiger partial charge in [0.25, 0.3) is 0 Å². The molecule has 0 aromatic heterocycles. The maximum atomic E-state index is 4.62. The van der Waals surface area contributed by atoms with E-state index < -0.39 is 12.4 Å². The van der Waals surface area contributed by atoms with Gasteiger partial charge in [-0.15, -0.1) is 0 Å². The van der Waals surface area contributed by atoms with Gasteiger partial charge >= 0.3 is 39.8 Å². The summed E-state index contributed by atoms with van der Waals surface area (Å²) in [6.45, 7) is 0. The fraction of sp³-hybridized carbons (Fsp3) is 0. The summed E-state index contributed by atoms with van der Waals surface area (Å²) in [5, 5.41) is 0. The third kappa shape index (κ3) is 10.2. The summed E-state index contributed by atoms with van der Waals surface area (Å²) in [6, 6.07) is 0. The third-order valence-corrected chi connectivity index (χ3v) is 0. The van der Waals surface area contributed by atoms with Crippen molar-refractivity contribution in [3.8, 4) is 0 Å². The van der Waals surface area contributed by atoms with Crippen LogP contribution in [0.5, 0.6) is 0 Å². The van der Waals surface area contributed by atoms with Crippen molar-refractivity contribution in [2.75, 3.05) is 0 Å². The van der Waals surface area contributed by atoms with Crippen LogP contribution in [0, 0.1) is 0 Å². The summed E-state index contributed by atoms with van der Waals surface area (Å²) in [5.74, 6) is 0. The van der Waals surface area contributed by atoms with Gasteiger partial charge in [0.05, 0.1) is 0 Å². The van der Waals surface area contributed by atoms with Gasteiger partial charge in [-0.1, -0.05) is 0 Å². The molecule has 0 fully saturated rings. The fourth-order valence-electron chi connectivity index (χ4n) is 0. The Bertz CT molecular complexity index is 75.4. The van der Waals surface area contributed by atoms with Crippen molar-refractivity contribution in [3.05, 3.63) is 0 Å². The number of rotatable bonds is 0. The van der Waals surface area contributed by atoms with E-state index in [1.165, 1.54) is 0 Å². The van der Waals surface area contributed by atoms with Crippen molar-refractivity contribution in [1.82, 2.24) is 0 Å². The number of hydrogen-bond donors (Lipinski definition) is 0. The Kier molecular flexibility index (Phi) is 3.44. The minimum absolute atomic E-state index is 1.16. The Balaban J connectivity index is 4.65. The van der Waals surface area contributed by atoms with Gasteiger partial charge in [0, 0.05) is 0 Å². The molecule has 4 heteroatoms. The summed E-state index contributed by atoms with van der Waals surface area (Å²) >= 11 is -1.16. The van der Waals surface area contributed by atoms with E-state index in [2.05, 4.69) is 19.6 Å². The van der Waals surface area contributed by atoms with E-state index in [-0.39, 0.29) is 0 Å². The van der Waals surface area contributed by atoms with Gasteiger partial charge in [0.15, 0.2) is 0 Å². The Labute approximate surface area is 39.7 Å². The van der Waals surface area contributed by atoms with Gasteiger partial charge in [-0.25, -0.2) is 0 Å². The average Bonchev–Trinajstić information content (AvgIpc) is 0.811. The molecule has 0 amide bonds. The molecule has 0 aromatic rings. The number of hydrogen-bond acceptors (Lipinski definition) is 2. The molecule has 0 heterocycles. The monoisotopic (exact) mass is 192 g/mol. The van der Waals surface area contributed by atoms with Crippen LogP contribution in [0.2, 0.25) is 0 Å². The standard InChI is InChI=1S/Mo.2S.H2Si/h;;;1H2. The average molecular weight is 190 g/mol. The van der Waals surface area contributed by atoms with Crippen LogP contribution < -0.4 is 0 Å². The van der Waals surface area contributed by atoms with E-state index in [0.717, 1.165) is 0 Å². The molecule has 0 saturated carbocycles. The molecule has 0 rings (SSSR count). The Morgan fingerprint density at radius 3 is 1.50 bits per heavy atom. The first-order valence-electron chi connectivity index (χ1n) is 0.622. The van der Waals surface area contributed by atoms with Crippen molar-refractivity contribution in [3.63, 3.8) is 0 Å². The second-order valence-electron chi connectivity index (χ2n) is 0.304. The molecule has 4 heavy (non-hydrogen) atoms. The zero-order valence-electron chi connectivity index (χ0n) is 1.93. The summed E-state index contributed by atoms with van der Waals surface area (Å²) in [5.41, 5.74) is 0. The molecule has 0 N–H and O–H groups in total. The Hall–Kier alpha value is 1.35. The molecular weight excluding hydrogens is 188 g/mol. The van der Waals surface area contributed by atoms with Gasteiger partial charge < -0.3 is 0 Å². The van der Waals surface area contributed by atoms with E-state index >= 15 is 0 Å². The molecule has 0 spiro atoms. The predicted molar refractivity (Wildman–Crippen MR) is 23.7 cm³/mol. The van der Waals surface area contributed by atoms with Crippen LogP contribution in [0.15, 0.2) is 0 Å². The molecule has 0 nitrogen and oxygen atoms in total. The Morgan fingerprint density at radius 1 is 1.50 bits per heavy atom. The van der Waals surface area contributed by atoms with Crippen LogP contribution in [0.1, 0.15) is 0 Å². The van der Waals surface area contributed by atoms with Gasteiger partial charge in [-0.05, 0) is 0 Å². The molecule has 0 aliphatic heterocycles. The van der Waals surface area contributed by atoms with Crippen molar-refractivity contribution >= 4 is 27.4 Å². The van der Waals surface area contributed by atoms with Crippen molar-refractivity contribution in [2.45, 2.75) is 0 Å². The molecule has 0 aliphatic rings. The molecule has 24 valence electrons. The van der Waals surface area contributed by atoms with E-state index in [1.807, 2.05) is 0 Å². The normalized spacial score (nSPS) is 6.00.